The predicted molar refractivity (Wildman–Crippen MR) is 86.7 cm³/mol. The molecule has 0 aliphatic rings. The van der Waals surface area contributed by atoms with Gasteiger partial charge in [0.1, 0.15) is 0 Å². The maximum Gasteiger partial charge on any atom is 0.485 e. The normalized spacial score (nSPS) is 11.6. The van der Waals surface area contributed by atoms with E-state index < -0.39 is 15.6 Å². The zero-order valence-electron chi connectivity index (χ0n) is 14.0. The molecule has 1 aromatic carbocycles. The van der Waals surface area contributed by atoms with Gasteiger partial charge in [0.15, 0.2) is 29.1 Å². The molecule has 2 aromatic rings. The summed E-state index contributed by atoms with van der Waals surface area (Å²) >= 11 is 0. The number of aromatic nitrogens is 1. The van der Waals surface area contributed by atoms with Gasteiger partial charge in [-0.15, -0.1) is 0 Å². The Balaban J connectivity index is 0.000000333. The Morgan fingerprint density at radius 3 is 1.92 bits per heavy atom. The van der Waals surface area contributed by atoms with Gasteiger partial charge >= 0.3 is 5.51 Å². The zero-order valence-corrected chi connectivity index (χ0v) is 14.8. The Morgan fingerprint density at radius 2 is 1.48 bits per heavy atom. The van der Waals surface area contributed by atoms with Crippen LogP contribution < -0.4 is 4.57 Å². The molecule has 0 aliphatic carbocycles. The minimum absolute atomic E-state index is 0.970. The highest BCUT2D eigenvalue weighted by atomic mass is 32.2. The first-order chi connectivity index (χ1) is 11.6. The summed E-state index contributed by atoms with van der Waals surface area (Å²) in [4.78, 5) is 0. The first kappa shape index (κ1) is 21.1. The fourth-order valence-corrected chi connectivity index (χ4v) is 2.36. The van der Waals surface area contributed by atoms with E-state index in [0.717, 1.165) is 19.4 Å². The quantitative estimate of drug-likeness (QED) is 0.468. The molecule has 25 heavy (non-hydrogen) atoms. The van der Waals surface area contributed by atoms with Crippen molar-refractivity contribution in [3.05, 3.63) is 65.5 Å². The van der Waals surface area contributed by atoms with Crippen LogP contribution >= 0.6 is 0 Å². The van der Waals surface area contributed by atoms with E-state index in [1.54, 1.807) is 0 Å². The second-order valence-electron chi connectivity index (χ2n) is 5.21. The summed E-state index contributed by atoms with van der Waals surface area (Å²) in [7, 11) is -6.09. The van der Waals surface area contributed by atoms with E-state index in [1.807, 2.05) is 0 Å². The van der Waals surface area contributed by atoms with Crippen LogP contribution in [0.2, 0.25) is 0 Å². The molecule has 0 fully saturated rings. The van der Waals surface area contributed by atoms with E-state index in [4.69, 9.17) is 13.0 Å². The van der Waals surface area contributed by atoms with Crippen LogP contribution in [-0.4, -0.2) is 18.5 Å². The van der Waals surface area contributed by atoms with Gasteiger partial charge in [-0.1, -0.05) is 38.1 Å². The smallest absolute Gasteiger partial charge is 0.485 e. The number of halogens is 3. The minimum Gasteiger partial charge on any atom is -0.741 e. The largest absolute Gasteiger partial charge is 0.741 e. The van der Waals surface area contributed by atoms with Crippen LogP contribution in [0.15, 0.2) is 48.8 Å². The Kier molecular flexibility index (Phi) is 7.57. The van der Waals surface area contributed by atoms with Gasteiger partial charge in [0.25, 0.3) is 0 Å². The molecule has 0 amide bonds. The Morgan fingerprint density at radius 1 is 0.960 bits per heavy atom. The van der Waals surface area contributed by atoms with E-state index in [0.29, 0.717) is 0 Å². The summed E-state index contributed by atoms with van der Waals surface area (Å²) < 4.78 is 61.1. The highest BCUT2D eigenvalue weighted by Gasteiger charge is 2.36. The van der Waals surface area contributed by atoms with Crippen LogP contribution in [0.4, 0.5) is 13.2 Å². The van der Waals surface area contributed by atoms with Gasteiger partial charge in [-0.05, 0) is 24.0 Å². The van der Waals surface area contributed by atoms with Crippen molar-refractivity contribution in [3.8, 4) is 0 Å². The maximum absolute atomic E-state index is 10.7. The van der Waals surface area contributed by atoms with Crippen molar-refractivity contribution in [2.75, 3.05) is 0 Å². The topological polar surface area (TPSA) is 61.1 Å². The third-order valence-electron chi connectivity index (χ3n) is 3.52. The number of rotatable bonds is 4. The third kappa shape index (κ3) is 6.47. The lowest BCUT2D eigenvalue weighted by Crippen LogP contribution is -2.33. The lowest BCUT2D eigenvalue weighted by molar-refractivity contribution is -0.688. The van der Waals surface area contributed by atoms with Gasteiger partial charge in [-0.25, -0.2) is 13.0 Å². The highest BCUT2D eigenvalue weighted by molar-refractivity contribution is 7.86. The molecule has 138 valence electrons. The summed E-state index contributed by atoms with van der Waals surface area (Å²) in [6.07, 6.45) is 6.49. The number of hydrogen-bond donors (Lipinski definition) is 0. The van der Waals surface area contributed by atoms with Crippen LogP contribution in [0.5, 0.6) is 0 Å². The van der Waals surface area contributed by atoms with Crippen LogP contribution in [0.25, 0.3) is 0 Å². The van der Waals surface area contributed by atoms with Crippen molar-refractivity contribution in [1.29, 1.82) is 0 Å². The Labute approximate surface area is 145 Å². The van der Waals surface area contributed by atoms with Gasteiger partial charge in [-0.3, -0.25) is 0 Å². The van der Waals surface area contributed by atoms with Crippen LogP contribution in [0.3, 0.4) is 0 Å². The zero-order chi connectivity index (χ0) is 19.1. The first-order valence-corrected chi connectivity index (χ1v) is 9.06. The fourth-order valence-electron chi connectivity index (χ4n) is 2.36. The van der Waals surface area contributed by atoms with Crippen molar-refractivity contribution in [2.24, 2.45) is 0 Å². The summed E-state index contributed by atoms with van der Waals surface area (Å²) in [5, 5.41) is 0. The number of alkyl halides is 3. The van der Waals surface area contributed by atoms with Crippen LogP contribution in [0.1, 0.15) is 30.5 Å². The number of benzene rings is 1. The molecule has 0 saturated heterocycles. The van der Waals surface area contributed by atoms with Crippen LogP contribution in [0, 0.1) is 0 Å². The highest BCUT2D eigenvalue weighted by Crippen LogP contribution is 2.20. The SMILES string of the molecule is CCc1cccc(C[n+]2ccccc2)c1CC.O=S(=O)([O-])C(F)(F)F. The molecule has 1 aromatic heterocycles. The van der Waals surface area contributed by atoms with E-state index in [9.17, 15) is 13.2 Å². The summed E-state index contributed by atoms with van der Waals surface area (Å²) in [5.74, 6) is 0. The average molecular weight is 375 g/mol. The molecule has 0 bridgehead atoms. The molecule has 0 atom stereocenters. The molecule has 8 heteroatoms. The van der Waals surface area contributed by atoms with Crippen molar-refractivity contribution in [3.63, 3.8) is 0 Å². The monoisotopic (exact) mass is 375 g/mol. The number of hydrogen-bond acceptors (Lipinski definition) is 3. The summed E-state index contributed by atoms with van der Waals surface area (Å²) in [6, 6.07) is 12.9. The molecule has 4 nitrogen and oxygen atoms in total. The molecule has 0 unspecified atom stereocenters. The second-order valence-corrected chi connectivity index (χ2v) is 6.58. The van der Waals surface area contributed by atoms with Gasteiger partial charge in [-0.2, -0.15) is 13.2 Å². The van der Waals surface area contributed by atoms with Crippen molar-refractivity contribution in [1.82, 2.24) is 0 Å². The molecule has 1 heterocycles. The molecule has 0 aliphatic heterocycles. The van der Waals surface area contributed by atoms with E-state index in [2.05, 4.69) is 67.2 Å². The predicted octanol–water partition coefficient (Wildman–Crippen LogP) is 3.20. The lowest BCUT2D eigenvalue weighted by atomic mass is 9.97. The second kappa shape index (κ2) is 8.96. The average Bonchev–Trinajstić information content (AvgIpc) is 2.54. The van der Waals surface area contributed by atoms with E-state index in [1.165, 1.54) is 16.7 Å². The fraction of sp³-hybridized carbons (Fsp3) is 0.353. The lowest BCUT2D eigenvalue weighted by Gasteiger charge is -2.10. The molecule has 0 radical (unpaired) electrons. The standard InChI is InChI=1S/C16H20N.CHF3O3S/c1-3-14-9-8-10-15(16(14)4-2)13-17-11-6-5-7-12-17;2-1(3,4)8(5,6)7/h5-12H,3-4,13H2,1-2H3;(H,5,6,7)/q+1;/p-1. The van der Waals surface area contributed by atoms with Gasteiger partial charge in [0.2, 0.25) is 0 Å². The van der Waals surface area contributed by atoms with Crippen molar-refractivity contribution in [2.45, 2.75) is 38.7 Å². The first-order valence-electron chi connectivity index (χ1n) is 7.66. The van der Waals surface area contributed by atoms with Gasteiger partial charge in [0, 0.05) is 17.7 Å². The van der Waals surface area contributed by atoms with E-state index >= 15 is 0 Å². The van der Waals surface area contributed by atoms with E-state index in [-0.39, 0.29) is 0 Å². The number of pyridine rings is 1. The molecule has 0 saturated carbocycles. The molecule has 0 N–H and O–H groups in total. The van der Waals surface area contributed by atoms with Crippen LogP contribution in [-0.2, 0) is 29.5 Å². The maximum atomic E-state index is 10.7. The van der Waals surface area contributed by atoms with Gasteiger partial charge < -0.3 is 4.55 Å². The number of aryl methyl sites for hydroxylation is 1. The Hall–Kier alpha value is -1.93. The molecule has 2 rings (SSSR count). The van der Waals surface area contributed by atoms with Gasteiger partial charge in [0.05, 0.1) is 0 Å². The third-order valence-corrected chi connectivity index (χ3v) is 4.09. The summed E-state index contributed by atoms with van der Waals surface area (Å²) in [5.41, 5.74) is -1.19. The molecular weight excluding hydrogens is 355 g/mol. The van der Waals surface area contributed by atoms with Crippen molar-refractivity contribution >= 4 is 10.1 Å². The number of nitrogens with zero attached hydrogens (tertiary/aromatic N) is 1. The summed E-state index contributed by atoms with van der Waals surface area (Å²) in [6.45, 7) is 5.44. The molecule has 0 spiro atoms. The molecular formula is C17H20F3NO3S. The minimum atomic E-state index is -6.09. The Bertz CT molecular complexity index is 775. The van der Waals surface area contributed by atoms with Crippen molar-refractivity contribution < 1.29 is 30.7 Å².